The highest BCUT2D eigenvalue weighted by molar-refractivity contribution is 5.74. The Kier molecular flexibility index (Phi) is 4.42. The van der Waals surface area contributed by atoms with Crippen molar-refractivity contribution in [2.75, 3.05) is 45.9 Å². The van der Waals surface area contributed by atoms with Crippen LogP contribution in [0.2, 0.25) is 0 Å². The molecule has 1 atom stereocenters. The second-order valence-corrected chi connectivity index (χ2v) is 4.53. The van der Waals surface area contributed by atoms with Crippen LogP contribution < -0.4 is 10.6 Å². The largest absolute Gasteiger partial charge is 0.380 e. The molecule has 16 heavy (non-hydrogen) atoms. The van der Waals surface area contributed by atoms with Crippen LogP contribution in [0, 0.1) is 5.92 Å². The molecular weight excluding hydrogens is 206 g/mol. The molecule has 2 saturated heterocycles. The normalized spacial score (nSPS) is 26.5. The van der Waals surface area contributed by atoms with Gasteiger partial charge in [-0.2, -0.15) is 0 Å². The number of carbonyl (C=O) groups is 1. The smallest absolute Gasteiger partial charge is 0.317 e. The molecule has 0 spiro atoms. The molecule has 0 aromatic heterocycles. The maximum Gasteiger partial charge on any atom is 0.317 e. The number of nitrogens with one attached hydrogen (secondary N) is 2. The van der Waals surface area contributed by atoms with Crippen molar-refractivity contribution >= 4 is 6.03 Å². The van der Waals surface area contributed by atoms with Gasteiger partial charge in [-0.25, -0.2) is 4.79 Å². The maximum atomic E-state index is 11.7. The molecule has 5 nitrogen and oxygen atoms in total. The summed E-state index contributed by atoms with van der Waals surface area (Å²) in [6.07, 6.45) is 2.28. The molecule has 0 aliphatic carbocycles. The zero-order chi connectivity index (χ0) is 11.2. The molecule has 92 valence electrons. The van der Waals surface area contributed by atoms with Crippen LogP contribution in [0.3, 0.4) is 0 Å². The van der Waals surface area contributed by atoms with Crippen molar-refractivity contribution < 1.29 is 9.53 Å². The Morgan fingerprint density at radius 3 is 3.06 bits per heavy atom. The lowest BCUT2D eigenvalue weighted by Gasteiger charge is -2.19. The highest BCUT2D eigenvalue weighted by Crippen LogP contribution is 2.07. The van der Waals surface area contributed by atoms with E-state index in [1.165, 1.54) is 0 Å². The summed E-state index contributed by atoms with van der Waals surface area (Å²) in [5.41, 5.74) is 0. The van der Waals surface area contributed by atoms with E-state index in [0.717, 1.165) is 52.2 Å². The predicted octanol–water partition coefficient (Wildman–Crippen LogP) is 0.0278. The van der Waals surface area contributed by atoms with Gasteiger partial charge in [0.25, 0.3) is 0 Å². The molecule has 0 aromatic rings. The quantitative estimate of drug-likeness (QED) is 0.699. The van der Waals surface area contributed by atoms with Crippen molar-refractivity contribution in [2.24, 2.45) is 5.92 Å². The molecule has 0 radical (unpaired) electrons. The minimum Gasteiger partial charge on any atom is -0.380 e. The van der Waals surface area contributed by atoms with Gasteiger partial charge >= 0.3 is 6.03 Å². The Morgan fingerprint density at radius 1 is 1.44 bits per heavy atom. The zero-order valence-electron chi connectivity index (χ0n) is 9.71. The highest BCUT2D eigenvalue weighted by atomic mass is 16.5. The summed E-state index contributed by atoms with van der Waals surface area (Å²) in [5, 5.41) is 6.29. The summed E-state index contributed by atoms with van der Waals surface area (Å²) in [4.78, 5) is 13.6. The van der Waals surface area contributed by atoms with Gasteiger partial charge in [0.2, 0.25) is 0 Å². The Morgan fingerprint density at radius 2 is 2.25 bits per heavy atom. The van der Waals surface area contributed by atoms with Gasteiger partial charge in [-0.1, -0.05) is 0 Å². The van der Waals surface area contributed by atoms with Crippen molar-refractivity contribution in [3.63, 3.8) is 0 Å². The number of hydrogen-bond donors (Lipinski definition) is 2. The first-order chi connectivity index (χ1) is 7.86. The topological polar surface area (TPSA) is 53.6 Å². The van der Waals surface area contributed by atoms with Crippen molar-refractivity contribution in [2.45, 2.75) is 12.8 Å². The third-order valence-corrected chi connectivity index (χ3v) is 3.14. The molecule has 0 aromatic carbocycles. The first-order valence-electron chi connectivity index (χ1n) is 6.17. The summed E-state index contributed by atoms with van der Waals surface area (Å²) >= 11 is 0. The van der Waals surface area contributed by atoms with Crippen molar-refractivity contribution in [1.29, 1.82) is 0 Å². The van der Waals surface area contributed by atoms with E-state index in [9.17, 15) is 4.79 Å². The number of hydrogen-bond acceptors (Lipinski definition) is 3. The van der Waals surface area contributed by atoms with E-state index in [1.807, 2.05) is 4.90 Å². The molecule has 0 bridgehead atoms. The van der Waals surface area contributed by atoms with E-state index < -0.39 is 0 Å². The van der Waals surface area contributed by atoms with Gasteiger partial charge in [0, 0.05) is 38.6 Å². The summed E-state index contributed by atoms with van der Waals surface area (Å²) < 4.78 is 5.44. The molecule has 5 heteroatoms. The number of rotatable bonds is 2. The van der Waals surface area contributed by atoms with E-state index in [0.29, 0.717) is 12.5 Å². The second-order valence-electron chi connectivity index (χ2n) is 4.53. The van der Waals surface area contributed by atoms with E-state index in [1.54, 1.807) is 0 Å². The maximum absolute atomic E-state index is 11.7. The van der Waals surface area contributed by atoms with Crippen LogP contribution in [-0.4, -0.2) is 56.9 Å². The number of nitrogens with zero attached hydrogens (tertiary/aromatic N) is 1. The van der Waals surface area contributed by atoms with E-state index >= 15 is 0 Å². The number of carbonyl (C=O) groups excluding carboxylic acids is 1. The van der Waals surface area contributed by atoms with E-state index in [2.05, 4.69) is 10.6 Å². The predicted molar refractivity (Wildman–Crippen MR) is 61.4 cm³/mol. The van der Waals surface area contributed by atoms with E-state index in [-0.39, 0.29) is 6.03 Å². The van der Waals surface area contributed by atoms with Gasteiger partial charge in [-0.05, 0) is 12.8 Å². The molecule has 0 saturated carbocycles. The highest BCUT2D eigenvalue weighted by Gasteiger charge is 2.19. The molecule has 2 heterocycles. The molecule has 2 fully saturated rings. The summed E-state index contributed by atoms with van der Waals surface area (Å²) in [5.74, 6) is 0.397. The van der Waals surface area contributed by atoms with E-state index in [4.69, 9.17) is 4.74 Å². The summed E-state index contributed by atoms with van der Waals surface area (Å²) in [7, 11) is 0. The fraction of sp³-hybridized carbons (Fsp3) is 0.909. The monoisotopic (exact) mass is 227 g/mol. The van der Waals surface area contributed by atoms with Gasteiger partial charge in [0.15, 0.2) is 0 Å². The summed E-state index contributed by atoms with van der Waals surface area (Å²) in [6.45, 7) is 5.89. The van der Waals surface area contributed by atoms with Gasteiger partial charge in [-0.15, -0.1) is 0 Å². The Labute approximate surface area is 96.5 Å². The second kappa shape index (κ2) is 6.06. The van der Waals surface area contributed by atoms with Crippen LogP contribution in [-0.2, 0) is 4.74 Å². The molecule has 2 amide bonds. The molecule has 2 rings (SSSR count). The molecule has 2 aliphatic rings. The average Bonchev–Trinajstić information content (AvgIpc) is 2.71. The molecule has 2 aliphatic heterocycles. The Hall–Kier alpha value is -0.810. The van der Waals surface area contributed by atoms with Crippen LogP contribution in [0.4, 0.5) is 4.79 Å². The first kappa shape index (κ1) is 11.7. The Balaban J connectivity index is 1.67. The first-order valence-corrected chi connectivity index (χ1v) is 6.17. The van der Waals surface area contributed by atoms with Crippen LogP contribution in [0.25, 0.3) is 0 Å². The standard InChI is InChI=1S/C11H21N3O2/c15-11(14-4-1-2-5-14)13-8-10-7-12-3-6-16-9-10/h10,12H,1-9H2,(H,13,15). The minimum absolute atomic E-state index is 0.0850. The van der Waals surface area contributed by atoms with Gasteiger partial charge in [-0.3, -0.25) is 0 Å². The van der Waals surface area contributed by atoms with Crippen LogP contribution in [0.5, 0.6) is 0 Å². The Bertz CT molecular complexity index is 221. The van der Waals surface area contributed by atoms with Crippen LogP contribution >= 0.6 is 0 Å². The van der Waals surface area contributed by atoms with Gasteiger partial charge < -0.3 is 20.3 Å². The molecule has 2 N–H and O–H groups in total. The lowest BCUT2D eigenvalue weighted by Crippen LogP contribution is -2.42. The lowest BCUT2D eigenvalue weighted by atomic mass is 10.1. The van der Waals surface area contributed by atoms with Crippen LogP contribution in [0.15, 0.2) is 0 Å². The minimum atomic E-state index is 0.0850. The number of amides is 2. The molecular formula is C11H21N3O2. The van der Waals surface area contributed by atoms with Crippen molar-refractivity contribution in [1.82, 2.24) is 15.5 Å². The number of urea groups is 1. The zero-order valence-corrected chi connectivity index (χ0v) is 9.71. The average molecular weight is 227 g/mol. The van der Waals surface area contributed by atoms with Crippen molar-refractivity contribution in [3.05, 3.63) is 0 Å². The third kappa shape index (κ3) is 3.35. The van der Waals surface area contributed by atoms with Crippen molar-refractivity contribution in [3.8, 4) is 0 Å². The van der Waals surface area contributed by atoms with Crippen LogP contribution in [0.1, 0.15) is 12.8 Å². The summed E-state index contributed by atoms with van der Waals surface area (Å²) in [6, 6.07) is 0.0850. The fourth-order valence-corrected chi connectivity index (χ4v) is 2.15. The van der Waals surface area contributed by atoms with Gasteiger partial charge in [0.05, 0.1) is 13.2 Å². The third-order valence-electron chi connectivity index (χ3n) is 3.14. The SMILES string of the molecule is O=C(NCC1CNCCOC1)N1CCCC1. The fourth-order valence-electron chi connectivity index (χ4n) is 2.15. The van der Waals surface area contributed by atoms with Gasteiger partial charge in [0.1, 0.15) is 0 Å². The lowest BCUT2D eigenvalue weighted by molar-refractivity contribution is 0.122. The number of ether oxygens (including phenoxy) is 1. The number of likely N-dealkylation sites (tertiary alicyclic amines) is 1. The molecule has 1 unspecified atom stereocenters.